The molecular formula is C14H17NO4. The van der Waals surface area contributed by atoms with Crippen molar-refractivity contribution in [3.05, 3.63) is 29.5 Å². The highest BCUT2D eigenvalue weighted by molar-refractivity contribution is 5.91. The van der Waals surface area contributed by atoms with Gasteiger partial charge in [0.2, 0.25) is 0 Å². The van der Waals surface area contributed by atoms with E-state index in [0.717, 1.165) is 16.6 Å². The number of carboxylic acids is 1. The SMILES string of the molecule is CCn1c(C)c(C(O)C(=O)O)c2ccc(OC)cc21. The molecule has 2 rings (SSSR count). The van der Waals surface area contributed by atoms with E-state index >= 15 is 0 Å². The molecule has 1 unspecified atom stereocenters. The molecule has 0 saturated heterocycles. The summed E-state index contributed by atoms with van der Waals surface area (Å²) in [4.78, 5) is 11.0. The summed E-state index contributed by atoms with van der Waals surface area (Å²) in [5.74, 6) is -0.537. The summed E-state index contributed by atoms with van der Waals surface area (Å²) in [6, 6.07) is 5.40. The van der Waals surface area contributed by atoms with E-state index in [-0.39, 0.29) is 0 Å². The third kappa shape index (κ3) is 2.06. The van der Waals surface area contributed by atoms with Crippen LogP contribution in [-0.4, -0.2) is 27.9 Å². The first-order chi connectivity index (χ1) is 9.01. The van der Waals surface area contributed by atoms with Crippen LogP contribution in [0.4, 0.5) is 0 Å². The number of nitrogens with zero attached hydrogens (tertiary/aromatic N) is 1. The summed E-state index contributed by atoms with van der Waals surface area (Å²) in [5, 5.41) is 19.6. The van der Waals surface area contributed by atoms with Gasteiger partial charge in [-0.2, -0.15) is 0 Å². The second kappa shape index (κ2) is 4.93. The number of aliphatic carboxylic acids is 1. The molecule has 5 heteroatoms. The molecule has 2 aromatic rings. The Hall–Kier alpha value is -2.01. The van der Waals surface area contributed by atoms with Gasteiger partial charge >= 0.3 is 5.97 Å². The van der Waals surface area contributed by atoms with Crippen molar-refractivity contribution in [2.75, 3.05) is 7.11 Å². The lowest BCUT2D eigenvalue weighted by Crippen LogP contribution is -2.11. The van der Waals surface area contributed by atoms with Gasteiger partial charge in [0, 0.05) is 29.3 Å². The van der Waals surface area contributed by atoms with Gasteiger partial charge in [0.15, 0.2) is 6.10 Å². The number of carboxylic acid groups (broad SMARTS) is 1. The van der Waals surface area contributed by atoms with E-state index in [1.807, 2.05) is 24.5 Å². The summed E-state index contributed by atoms with van der Waals surface area (Å²) < 4.78 is 7.16. The molecule has 0 spiro atoms. The van der Waals surface area contributed by atoms with E-state index in [2.05, 4.69) is 0 Å². The van der Waals surface area contributed by atoms with E-state index < -0.39 is 12.1 Å². The van der Waals surface area contributed by atoms with Gasteiger partial charge < -0.3 is 19.5 Å². The van der Waals surface area contributed by atoms with Crippen molar-refractivity contribution < 1.29 is 19.7 Å². The van der Waals surface area contributed by atoms with Crippen molar-refractivity contribution in [2.24, 2.45) is 0 Å². The maximum Gasteiger partial charge on any atom is 0.337 e. The number of ether oxygens (including phenoxy) is 1. The predicted molar refractivity (Wildman–Crippen MR) is 71.5 cm³/mol. The Morgan fingerprint density at radius 2 is 2.16 bits per heavy atom. The van der Waals surface area contributed by atoms with Crippen LogP contribution in [0.15, 0.2) is 18.2 Å². The zero-order valence-corrected chi connectivity index (χ0v) is 11.2. The zero-order valence-electron chi connectivity index (χ0n) is 11.2. The van der Waals surface area contributed by atoms with Crippen LogP contribution in [0.5, 0.6) is 5.75 Å². The molecule has 19 heavy (non-hydrogen) atoms. The maximum atomic E-state index is 11.0. The van der Waals surface area contributed by atoms with Crippen LogP contribution in [0, 0.1) is 6.92 Å². The van der Waals surface area contributed by atoms with E-state index in [1.54, 1.807) is 19.2 Å². The summed E-state index contributed by atoms with van der Waals surface area (Å²) in [6.45, 7) is 4.49. The Bertz CT molecular complexity index is 630. The molecule has 0 radical (unpaired) electrons. The first kappa shape index (κ1) is 13.4. The van der Waals surface area contributed by atoms with Gasteiger partial charge in [0.1, 0.15) is 5.75 Å². The summed E-state index contributed by atoms with van der Waals surface area (Å²) in [5.41, 5.74) is 2.09. The van der Waals surface area contributed by atoms with E-state index in [1.165, 1.54) is 0 Å². The van der Waals surface area contributed by atoms with Gasteiger partial charge in [0.25, 0.3) is 0 Å². The average molecular weight is 263 g/mol. The number of rotatable bonds is 4. The zero-order chi connectivity index (χ0) is 14.2. The van der Waals surface area contributed by atoms with Crippen molar-refractivity contribution in [3.8, 4) is 5.75 Å². The van der Waals surface area contributed by atoms with E-state index in [4.69, 9.17) is 9.84 Å². The Morgan fingerprint density at radius 3 is 2.68 bits per heavy atom. The fourth-order valence-electron chi connectivity index (χ4n) is 2.49. The third-order valence-electron chi connectivity index (χ3n) is 3.40. The highest BCUT2D eigenvalue weighted by atomic mass is 16.5. The Labute approximate surface area is 111 Å². The van der Waals surface area contributed by atoms with E-state index in [9.17, 15) is 9.90 Å². The lowest BCUT2D eigenvalue weighted by Gasteiger charge is -2.07. The number of aryl methyl sites for hydroxylation is 1. The van der Waals surface area contributed by atoms with E-state index in [0.29, 0.717) is 17.9 Å². The number of hydrogen-bond acceptors (Lipinski definition) is 3. The second-order valence-corrected chi connectivity index (χ2v) is 4.37. The number of methoxy groups -OCH3 is 1. The largest absolute Gasteiger partial charge is 0.497 e. The van der Waals surface area contributed by atoms with Crippen LogP contribution in [0.1, 0.15) is 24.3 Å². The fourth-order valence-corrected chi connectivity index (χ4v) is 2.49. The standard InChI is InChI=1S/C14H17NO4/c1-4-15-8(2)12(13(16)14(17)18)10-6-5-9(19-3)7-11(10)15/h5-7,13,16H,4H2,1-3H3,(H,17,18). The second-order valence-electron chi connectivity index (χ2n) is 4.37. The number of aromatic nitrogens is 1. The molecule has 1 aromatic heterocycles. The minimum atomic E-state index is -1.51. The molecular weight excluding hydrogens is 246 g/mol. The van der Waals surface area contributed by atoms with Crippen molar-refractivity contribution >= 4 is 16.9 Å². The number of fused-ring (bicyclic) bond motifs is 1. The first-order valence-corrected chi connectivity index (χ1v) is 6.08. The molecule has 5 nitrogen and oxygen atoms in total. The third-order valence-corrected chi connectivity index (χ3v) is 3.40. The molecule has 102 valence electrons. The van der Waals surface area contributed by atoms with Crippen molar-refractivity contribution in [1.29, 1.82) is 0 Å². The van der Waals surface area contributed by atoms with Crippen molar-refractivity contribution in [3.63, 3.8) is 0 Å². The monoisotopic (exact) mass is 263 g/mol. The minimum Gasteiger partial charge on any atom is -0.497 e. The van der Waals surface area contributed by atoms with Crippen molar-refractivity contribution in [1.82, 2.24) is 4.57 Å². The Kier molecular flexibility index (Phi) is 3.48. The highest BCUT2D eigenvalue weighted by Gasteiger charge is 2.24. The summed E-state index contributed by atoms with van der Waals surface area (Å²) in [6.07, 6.45) is -1.51. The lowest BCUT2D eigenvalue weighted by atomic mass is 10.1. The lowest BCUT2D eigenvalue weighted by molar-refractivity contribution is -0.146. The molecule has 0 aliphatic rings. The van der Waals surface area contributed by atoms with Crippen LogP contribution >= 0.6 is 0 Å². The van der Waals surface area contributed by atoms with Crippen molar-refractivity contribution in [2.45, 2.75) is 26.5 Å². The highest BCUT2D eigenvalue weighted by Crippen LogP contribution is 2.33. The van der Waals surface area contributed by atoms with Crippen LogP contribution in [0.25, 0.3) is 10.9 Å². The number of aliphatic hydroxyl groups is 1. The molecule has 1 atom stereocenters. The molecule has 0 aliphatic heterocycles. The van der Waals surface area contributed by atoms with Gasteiger partial charge in [-0.1, -0.05) is 0 Å². The van der Waals surface area contributed by atoms with Crippen LogP contribution in [0.3, 0.4) is 0 Å². The van der Waals surface area contributed by atoms with Gasteiger partial charge in [-0.05, 0) is 26.0 Å². The number of carbonyl (C=O) groups is 1. The summed E-state index contributed by atoms with van der Waals surface area (Å²) in [7, 11) is 1.58. The smallest absolute Gasteiger partial charge is 0.337 e. The van der Waals surface area contributed by atoms with Gasteiger partial charge in [-0.3, -0.25) is 0 Å². The first-order valence-electron chi connectivity index (χ1n) is 6.08. The van der Waals surface area contributed by atoms with Crippen LogP contribution < -0.4 is 4.74 Å². The Balaban J connectivity index is 2.77. The number of aliphatic hydroxyl groups excluding tert-OH is 1. The molecule has 0 fully saturated rings. The molecule has 0 aliphatic carbocycles. The quantitative estimate of drug-likeness (QED) is 0.886. The molecule has 0 amide bonds. The molecule has 1 aromatic carbocycles. The molecule has 2 N–H and O–H groups in total. The molecule has 0 bridgehead atoms. The topological polar surface area (TPSA) is 71.7 Å². The Morgan fingerprint density at radius 1 is 1.47 bits per heavy atom. The molecule has 0 saturated carbocycles. The van der Waals surface area contributed by atoms with Crippen LogP contribution in [-0.2, 0) is 11.3 Å². The van der Waals surface area contributed by atoms with Gasteiger partial charge in [-0.15, -0.1) is 0 Å². The predicted octanol–water partition coefficient (Wildman–Crippen LogP) is 2.10. The van der Waals surface area contributed by atoms with Gasteiger partial charge in [-0.25, -0.2) is 4.79 Å². The van der Waals surface area contributed by atoms with Crippen LogP contribution in [0.2, 0.25) is 0 Å². The van der Waals surface area contributed by atoms with Gasteiger partial charge in [0.05, 0.1) is 12.6 Å². The minimum absolute atomic E-state index is 0.451. The molecule has 1 heterocycles. The average Bonchev–Trinajstić information content (AvgIpc) is 2.68. The number of benzene rings is 1. The number of hydrogen-bond donors (Lipinski definition) is 2. The normalized spacial score (nSPS) is 12.6. The fraction of sp³-hybridized carbons (Fsp3) is 0.357. The summed E-state index contributed by atoms with van der Waals surface area (Å²) >= 11 is 0. The maximum absolute atomic E-state index is 11.0.